The molecule has 0 radical (unpaired) electrons. The van der Waals surface area contributed by atoms with Gasteiger partial charge in [0.1, 0.15) is 0 Å². The highest BCUT2D eigenvalue weighted by atomic mass is 32.2. The summed E-state index contributed by atoms with van der Waals surface area (Å²) in [7, 11) is 0. The molecular formula is C10H19NS. The Kier molecular flexibility index (Phi) is 3.35. The molecule has 1 saturated carbocycles. The molecule has 1 N–H and O–H groups in total. The minimum atomic E-state index is 0.842. The molecule has 1 heterocycles. The predicted octanol–water partition coefficient (Wildman–Crippen LogP) is 2.27. The molecule has 1 unspecified atom stereocenters. The fourth-order valence-corrected chi connectivity index (χ4v) is 2.99. The molecule has 0 aromatic rings. The van der Waals surface area contributed by atoms with Gasteiger partial charge in [-0.25, -0.2) is 0 Å². The molecule has 1 aliphatic carbocycles. The van der Waals surface area contributed by atoms with Crippen LogP contribution < -0.4 is 5.32 Å². The average Bonchev–Trinajstić information content (AvgIpc) is 2.76. The topological polar surface area (TPSA) is 12.0 Å². The van der Waals surface area contributed by atoms with E-state index in [1.54, 1.807) is 0 Å². The largest absolute Gasteiger partial charge is 0.313 e. The Bertz CT molecular complexity index is 128. The fraction of sp³-hybridized carbons (Fsp3) is 1.00. The molecule has 70 valence electrons. The van der Waals surface area contributed by atoms with E-state index in [9.17, 15) is 0 Å². The molecule has 1 nitrogen and oxygen atoms in total. The van der Waals surface area contributed by atoms with Crippen molar-refractivity contribution < 1.29 is 0 Å². The lowest BCUT2D eigenvalue weighted by atomic mass is 10.2. The van der Waals surface area contributed by atoms with Crippen molar-refractivity contribution in [2.24, 2.45) is 5.92 Å². The molecule has 2 heteroatoms. The summed E-state index contributed by atoms with van der Waals surface area (Å²) in [6, 6.07) is 0.842. The van der Waals surface area contributed by atoms with Crippen LogP contribution in [0.15, 0.2) is 0 Å². The van der Waals surface area contributed by atoms with E-state index in [0.29, 0.717) is 0 Å². The van der Waals surface area contributed by atoms with Crippen molar-refractivity contribution >= 4 is 11.8 Å². The van der Waals surface area contributed by atoms with E-state index >= 15 is 0 Å². The van der Waals surface area contributed by atoms with Crippen LogP contribution in [0.2, 0.25) is 0 Å². The van der Waals surface area contributed by atoms with Crippen LogP contribution in [0.25, 0.3) is 0 Å². The third kappa shape index (κ3) is 2.98. The molecule has 1 atom stereocenters. The summed E-state index contributed by atoms with van der Waals surface area (Å²) in [5, 5.41) is 3.64. The highest BCUT2D eigenvalue weighted by Crippen LogP contribution is 2.33. The zero-order valence-corrected chi connectivity index (χ0v) is 8.54. The van der Waals surface area contributed by atoms with E-state index in [0.717, 1.165) is 12.0 Å². The van der Waals surface area contributed by atoms with Crippen LogP contribution in [0.1, 0.15) is 32.1 Å². The Morgan fingerprint density at radius 2 is 2.17 bits per heavy atom. The molecule has 12 heavy (non-hydrogen) atoms. The molecule has 2 fully saturated rings. The molecule has 0 bridgehead atoms. The summed E-state index contributed by atoms with van der Waals surface area (Å²) in [5.74, 6) is 3.84. The van der Waals surface area contributed by atoms with Crippen LogP contribution in [0.4, 0.5) is 0 Å². The highest BCUT2D eigenvalue weighted by molar-refractivity contribution is 7.99. The molecule has 2 rings (SSSR count). The number of thioether (sulfide) groups is 1. The monoisotopic (exact) mass is 185 g/mol. The summed E-state index contributed by atoms with van der Waals surface area (Å²) in [6.45, 7) is 1.27. The zero-order chi connectivity index (χ0) is 8.23. The van der Waals surface area contributed by atoms with Crippen molar-refractivity contribution in [3.63, 3.8) is 0 Å². The maximum atomic E-state index is 3.64. The van der Waals surface area contributed by atoms with Gasteiger partial charge in [0, 0.05) is 11.8 Å². The van der Waals surface area contributed by atoms with Gasteiger partial charge in [-0.1, -0.05) is 12.8 Å². The van der Waals surface area contributed by atoms with E-state index < -0.39 is 0 Å². The second-order valence-corrected chi connectivity index (χ2v) is 5.25. The molecule has 1 saturated heterocycles. The Labute approximate surface area is 79.7 Å². The lowest BCUT2D eigenvalue weighted by Crippen LogP contribution is -2.29. The maximum Gasteiger partial charge on any atom is 0.0166 e. The Morgan fingerprint density at radius 3 is 2.83 bits per heavy atom. The number of rotatable bonds is 5. The van der Waals surface area contributed by atoms with Crippen LogP contribution in [-0.2, 0) is 0 Å². The molecule has 0 aromatic heterocycles. The minimum absolute atomic E-state index is 0.842. The van der Waals surface area contributed by atoms with Crippen molar-refractivity contribution in [3.8, 4) is 0 Å². The first-order valence-corrected chi connectivity index (χ1v) is 6.42. The lowest BCUT2D eigenvalue weighted by molar-refractivity contribution is 0.524. The molecule has 0 aromatic carbocycles. The molecule has 1 aliphatic heterocycles. The normalized spacial score (nSPS) is 29.5. The standard InChI is InChI=1S/C10H19NS/c1(2-9-3-4-9)6-11-10-5-7-12-8-10/h9-11H,1-8H2. The first-order valence-electron chi connectivity index (χ1n) is 5.26. The van der Waals surface area contributed by atoms with Crippen LogP contribution in [0, 0.1) is 5.92 Å². The van der Waals surface area contributed by atoms with E-state index in [1.807, 2.05) is 0 Å². The third-order valence-corrected chi connectivity index (χ3v) is 4.01. The van der Waals surface area contributed by atoms with Crippen molar-refractivity contribution in [3.05, 3.63) is 0 Å². The summed E-state index contributed by atoms with van der Waals surface area (Å²) >= 11 is 2.10. The van der Waals surface area contributed by atoms with Gasteiger partial charge < -0.3 is 5.32 Å². The SMILES string of the molecule is C(CNC1CCSC1)CC1CC1. The second-order valence-electron chi connectivity index (χ2n) is 4.10. The molecular weight excluding hydrogens is 166 g/mol. The molecule has 2 aliphatic rings. The number of nitrogens with one attached hydrogen (secondary N) is 1. The summed E-state index contributed by atoms with van der Waals surface area (Å²) < 4.78 is 0. The van der Waals surface area contributed by atoms with Gasteiger partial charge in [-0.3, -0.25) is 0 Å². The number of hydrogen-bond acceptors (Lipinski definition) is 2. The smallest absolute Gasteiger partial charge is 0.0166 e. The van der Waals surface area contributed by atoms with Crippen LogP contribution >= 0.6 is 11.8 Å². The van der Waals surface area contributed by atoms with Gasteiger partial charge in [0.05, 0.1) is 0 Å². The Balaban J connectivity index is 1.44. The van der Waals surface area contributed by atoms with Gasteiger partial charge >= 0.3 is 0 Å². The molecule has 0 spiro atoms. The van der Waals surface area contributed by atoms with E-state index in [-0.39, 0.29) is 0 Å². The Hall–Kier alpha value is 0.310. The first kappa shape index (κ1) is 8.89. The van der Waals surface area contributed by atoms with Gasteiger partial charge in [-0.15, -0.1) is 0 Å². The first-order chi connectivity index (χ1) is 5.95. The lowest BCUT2D eigenvalue weighted by Gasteiger charge is -2.10. The van der Waals surface area contributed by atoms with Gasteiger partial charge in [0.15, 0.2) is 0 Å². The van der Waals surface area contributed by atoms with Gasteiger partial charge in [0.2, 0.25) is 0 Å². The second kappa shape index (κ2) is 4.52. The third-order valence-electron chi connectivity index (χ3n) is 2.85. The quantitative estimate of drug-likeness (QED) is 0.659. The van der Waals surface area contributed by atoms with E-state index in [2.05, 4.69) is 17.1 Å². The average molecular weight is 185 g/mol. The van der Waals surface area contributed by atoms with Gasteiger partial charge in [0.25, 0.3) is 0 Å². The number of hydrogen-bond donors (Lipinski definition) is 1. The summed E-state index contributed by atoms with van der Waals surface area (Å²) in [5.41, 5.74) is 0. The van der Waals surface area contributed by atoms with Gasteiger partial charge in [-0.05, 0) is 37.5 Å². The van der Waals surface area contributed by atoms with Crippen LogP contribution in [0.5, 0.6) is 0 Å². The van der Waals surface area contributed by atoms with Crippen molar-refractivity contribution in [2.45, 2.75) is 38.1 Å². The van der Waals surface area contributed by atoms with Crippen LogP contribution in [-0.4, -0.2) is 24.1 Å². The highest BCUT2D eigenvalue weighted by Gasteiger charge is 2.20. The predicted molar refractivity (Wildman–Crippen MR) is 55.7 cm³/mol. The van der Waals surface area contributed by atoms with E-state index in [1.165, 1.54) is 50.2 Å². The maximum absolute atomic E-state index is 3.64. The summed E-state index contributed by atoms with van der Waals surface area (Å²) in [6.07, 6.45) is 7.31. The summed E-state index contributed by atoms with van der Waals surface area (Å²) in [4.78, 5) is 0. The van der Waals surface area contributed by atoms with Crippen molar-refractivity contribution in [2.75, 3.05) is 18.1 Å². The fourth-order valence-electron chi connectivity index (χ4n) is 1.80. The van der Waals surface area contributed by atoms with Crippen molar-refractivity contribution in [1.29, 1.82) is 0 Å². The molecule has 0 amide bonds. The minimum Gasteiger partial charge on any atom is -0.313 e. The van der Waals surface area contributed by atoms with E-state index in [4.69, 9.17) is 0 Å². The Morgan fingerprint density at radius 1 is 1.25 bits per heavy atom. The zero-order valence-electron chi connectivity index (χ0n) is 7.72. The van der Waals surface area contributed by atoms with Crippen LogP contribution in [0.3, 0.4) is 0 Å². The van der Waals surface area contributed by atoms with Crippen molar-refractivity contribution in [1.82, 2.24) is 5.32 Å². The van der Waals surface area contributed by atoms with Gasteiger partial charge in [-0.2, -0.15) is 11.8 Å².